The molecular weight excluding hydrogens is 250 g/mol. The number of nitrogens with zero attached hydrogens (tertiary/aromatic N) is 3. The number of fused-ring (bicyclic) bond motifs is 1. The Hall–Kier alpha value is -1.33. The van der Waals surface area contributed by atoms with Crippen LogP contribution in [-0.2, 0) is 0 Å². The summed E-state index contributed by atoms with van der Waals surface area (Å²) >= 11 is 5.91. The number of hydrogen-bond donors (Lipinski definition) is 2. The molecule has 0 aliphatic heterocycles. The Morgan fingerprint density at radius 1 is 1.33 bits per heavy atom. The predicted molar refractivity (Wildman–Crippen MR) is 71.9 cm³/mol. The van der Waals surface area contributed by atoms with Crippen molar-refractivity contribution in [1.82, 2.24) is 14.6 Å². The van der Waals surface area contributed by atoms with Gasteiger partial charge >= 0.3 is 0 Å². The smallest absolute Gasteiger partial charge is 0.243 e. The maximum atomic E-state index is 6.10. The van der Waals surface area contributed by atoms with Crippen molar-refractivity contribution in [2.45, 2.75) is 37.8 Å². The summed E-state index contributed by atoms with van der Waals surface area (Å²) in [7, 11) is 0. The van der Waals surface area contributed by atoms with E-state index in [1.807, 2.05) is 12.1 Å². The third-order valence-electron chi connectivity index (χ3n) is 3.43. The van der Waals surface area contributed by atoms with Crippen LogP contribution in [0.5, 0.6) is 0 Å². The number of pyridine rings is 1. The average molecular weight is 266 g/mol. The zero-order chi connectivity index (χ0) is 12.5. The topological polar surface area (TPSA) is 68.2 Å². The number of halogens is 1. The highest BCUT2D eigenvalue weighted by Gasteiger charge is 2.22. The molecule has 0 amide bonds. The summed E-state index contributed by atoms with van der Waals surface area (Å²) < 4.78 is 1.68. The summed E-state index contributed by atoms with van der Waals surface area (Å²) in [6.45, 7) is 0. The first kappa shape index (κ1) is 11.7. The molecule has 18 heavy (non-hydrogen) atoms. The summed E-state index contributed by atoms with van der Waals surface area (Å²) in [5, 5.41) is 8.33. The van der Waals surface area contributed by atoms with E-state index in [0.29, 0.717) is 11.0 Å². The van der Waals surface area contributed by atoms with Crippen LogP contribution >= 0.6 is 11.6 Å². The lowest BCUT2D eigenvalue weighted by Gasteiger charge is -2.28. The largest absolute Gasteiger partial charge is 0.349 e. The molecule has 1 saturated carbocycles. The van der Waals surface area contributed by atoms with Crippen molar-refractivity contribution >= 4 is 23.2 Å². The van der Waals surface area contributed by atoms with E-state index < -0.39 is 0 Å². The third-order valence-corrected chi connectivity index (χ3v) is 3.65. The van der Waals surface area contributed by atoms with E-state index in [4.69, 9.17) is 17.3 Å². The lowest BCUT2D eigenvalue weighted by atomic mass is 9.91. The monoisotopic (exact) mass is 265 g/mol. The molecule has 0 bridgehead atoms. The van der Waals surface area contributed by atoms with Crippen LogP contribution in [0.15, 0.2) is 18.3 Å². The average Bonchev–Trinajstić information content (AvgIpc) is 2.73. The van der Waals surface area contributed by atoms with E-state index in [1.54, 1.807) is 10.7 Å². The molecule has 1 aliphatic rings. The molecule has 2 atom stereocenters. The molecule has 3 N–H and O–H groups in total. The fourth-order valence-corrected chi connectivity index (χ4v) is 2.58. The Morgan fingerprint density at radius 2 is 2.17 bits per heavy atom. The first-order valence-electron chi connectivity index (χ1n) is 6.26. The molecule has 6 heteroatoms. The minimum Gasteiger partial charge on any atom is -0.349 e. The SMILES string of the molecule is N[C@@H]1CCCC[C@H]1Nc1nc2ccc(Cl)cn2n1. The molecule has 2 aromatic rings. The second kappa shape index (κ2) is 4.74. The van der Waals surface area contributed by atoms with Crippen molar-refractivity contribution in [3.8, 4) is 0 Å². The number of nitrogens with one attached hydrogen (secondary N) is 1. The van der Waals surface area contributed by atoms with Crippen LogP contribution < -0.4 is 11.1 Å². The zero-order valence-corrected chi connectivity index (χ0v) is 10.8. The molecule has 0 aromatic carbocycles. The van der Waals surface area contributed by atoms with E-state index in [0.717, 1.165) is 18.5 Å². The van der Waals surface area contributed by atoms with Gasteiger partial charge in [0.25, 0.3) is 0 Å². The Bertz CT molecular complexity index is 552. The van der Waals surface area contributed by atoms with Gasteiger partial charge in [-0.05, 0) is 25.0 Å². The number of nitrogens with two attached hydrogens (primary N) is 1. The van der Waals surface area contributed by atoms with Crippen LogP contribution in [-0.4, -0.2) is 26.7 Å². The van der Waals surface area contributed by atoms with E-state index >= 15 is 0 Å². The Morgan fingerprint density at radius 3 is 3.00 bits per heavy atom. The summed E-state index contributed by atoms with van der Waals surface area (Å²) in [5.74, 6) is 0.625. The highest BCUT2D eigenvalue weighted by atomic mass is 35.5. The number of rotatable bonds is 2. The third kappa shape index (κ3) is 2.28. The summed E-state index contributed by atoms with van der Waals surface area (Å²) in [4.78, 5) is 4.41. The van der Waals surface area contributed by atoms with Gasteiger partial charge in [-0.1, -0.05) is 24.4 Å². The molecule has 0 saturated heterocycles. The van der Waals surface area contributed by atoms with Gasteiger partial charge in [0.05, 0.1) is 5.02 Å². The van der Waals surface area contributed by atoms with Crippen LogP contribution in [0.2, 0.25) is 5.02 Å². The minimum atomic E-state index is 0.189. The van der Waals surface area contributed by atoms with Gasteiger partial charge in [0.15, 0.2) is 5.65 Å². The Balaban J connectivity index is 1.81. The molecule has 0 spiro atoms. The molecular formula is C12H16ClN5. The predicted octanol–water partition coefficient (Wildman–Crippen LogP) is 2.06. The molecule has 0 unspecified atom stereocenters. The quantitative estimate of drug-likeness (QED) is 0.872. The summed E-state index contributed by atoms with van der Waals surface area (Å²) in [6, 6.07) is 4.11. The van der Waals surface area contributed by atoms with E-state index in [2.05, 4.69) is 15.4 Å². The van der Waals surface area contributed by atoms with Crippen LogP contribution in [0.4, 0.5) is 5.95 Å². The van der Waals surface area contributed by atoms with Crippen molar-refractivity contribution in [3.05, 3.63) is 23.4 Å². The summed E-state index contributed by atoms with van der Waals surface area (Å²) in [5.41, 5.74) is 6.88. The fraction of sp³-hybridized carbons (Fsp3) is 0.500. The molecule has 1 fully saturated rings. The van der Waals surface area contributed by atoms with Crippen LogP contribution in [0, 0.1) is 0 Å². The first-order chi connectivity index (χ1) is 8.72. The summed E-state index contributed by atoms with van der Waals surface area (Å²) in [6.07, 6.45) is 6.32. The normalized spacial score (nSPS) is 24.3. The van der Waals surface area contributed by atoms with Gasteiger partial charge in [-0.25, -0.2) is 4.52 Å². The Kier molecular flexibility index (Phi) is 3.09. The Labute approximate surface area is 110 Å². The fourth-order valence-electron chi connectivity index (χ4n) is 2.42. The van der Waals surface area contributed by atoms with Gasteiger partial charge in [-0.2, -0.15) is 4.98 Å². The molecule has 1 aliphatic carbocycles. The molecule has 2 heterocycles. The van der Waals surface area contributed by atoms with Gasteiger partial charge in [0.1, 0.15) is 0 Å². The highest BCUT2D eigenvalue weighted by Crippen LogP contribution is 2.20. The van der Waals surface area contributed by atoms with Gasteiger partial charge in [0.2, 0.25) is 5.95 Å². The molecule has 5 nitrogen and oxygen atoms in total. The van der Waals surface area contributed by atoms with Gasteiger partial charge < -0.3 is 11.1 Å². The zero-order valence-electron chi connectivity index (χ0n) is 10.0. The van der Waals surface area contributed by atoms with Gasteiger partial charge in [-0.15, -0.1) is 5.10 Å². The van der Waals surface area contributed by atoms with Crippen molar-refractivity contribution in [3.63, 3.8) is 0 Å². The lowest BCUT2D eigenvalue weighted by molar-refractivity contribution is 0.402. The van der Waals surface area contributed by atoms with Gasteiger partial charge in [0, 0.05) is 18.3 Å². The minimum absolute atomic E-state index is 0.189. The first-order valence-corrected chi connectivity index (χ1v) is 6.64. The van der Waals surface area contributed by atoms with Crippen molar-refractivity contribution in [2.24, 2.45) is 5.73 Å². The standard InChI is InChI=1S/C12H16ClN5/c13-8-5-6-11-16-12(17-18(11)7-8)15-10-4-2-1-3-9(10)14/h5-7,9-10H,1-4,14H2,(H,15,17)/t9-,10-/m1/s1. The molecule has 2 aromatic heterocycles. The lowest BCUT2D eigenvalue weighted by Crippen LogP contribution is -2.42. The number of hydrogen-bond acceptors (Lipinski definition) is 4. The van der Waals surface area contributed by atoms with E-state index in [1.165, 1.54) is 12.8 Å². The van der Waals surface area contributed by atoms with Crippen LogP contribution in [0.3, 0.4) is 0 Å². The molecule has 0 radical (unpaired) electrons. The van der Waals surface area contributed by atoms with Crippen molar-refractivity contribution in [2.75, 3.05) is 5.32 Å². The number of aromatic nitrogens is 3. The van der Waals surface area contributed by atoms with E-state index in [9.17, 15) is 0 Å². The van der Waals surface area contributed by atoms with Crippen LogP contribution in [0.1, 0.15) is 25.7 Å². The molecule has 96 valence electrons. The molecule has 3 rings (SSSR count). The second-order valence-electron chi connectivity index (χ2n) is 4.78. The van der Waals surface area contributed by atoms with Crippen LogP contribution in [0.25, 0.3) is 5.65 Å². The number of anilines is 1. The van der Waals surface area contributed by atoms with Gasteiger partial charge in [-0.3, -0.25) is 0 Å². The highest BCUT2D eigenvalue weighted by molar-refractivity contribution is 6.30. The maximum absolute atomic E-state index is 6.10. The van der Waals surface area contributed by atoms with Crippen molar-refractivity contribution < 1.29 is 0 Å². The second-order valence-corrected chi connectivity index (χ2v) is 5.22. The van der Waals surface area contributed by atoms with Crippen molar-refractivity contribution in [1.29, 1.82) is 0 Å². The maximum Gasteiger partial charge on any atom is 0.243 e. The van der Waals surface area contributed by atoms with E-state index in [-0.39, 0.29) is 12.1 Å².